The minimum absolute atomic E-state index is 0.102. The number of aliphatic hydroxyl groups is 1. The summed E-state index contributed by atoms with van der Waals surface area (Å²) in [6, 6.07) is 10.1. The summed E-state index contributed by atoms with van der Waals surface area (Å²) >= 11 is 0. The van der Waals surface area contributed by atoms with Crippen LogP contribution in [0.5, 0.6) is 0 Å². The molecular weight excluding hydrogens is 200 g/mol. The van der Waals surface area contributed by atoms with Gasteiger partial charge in [-0.3, -0.25) is 4.79 Å². The van der Waals surface area contributed by atoms with Gasteiger partial charge in [-0.05, 0) is 24.3 Å². The molecule has 2 bridgehead atoms. The summed E-state index contributed by atoms with van der Waals surface area (Å²) < 4.78 is 0. The number of hydrogen-bond acceptors (Lipinski definition) is 2. The maximum Gasteiger partial charge on any atom is 0.138 e. The van der Waals surface area contributed by atoms with Crippen molar-refractivity contribution in [2.45, 2.75) is 31.3 Å². The number of ketones is 1. The number of carbonyl (C=O) groups is 1. The Morgan fingerprint density at radius 2 is 1.88 bits per heavy atom. The molecule has 0 radical (unpaired) electrons. The molecule has 0 amide bonds. The molecule has 0 saturated heterocycles. The van der Waals surface area contributed by atoms with E-state index in [2.05, 4.69) is 12.1 Å². The lowest BCUT2D eigenvalue weighted by Gasteiger charge is -2.45. The van der Waals surface area contributed by atoms with Gasteiger partial charge < -0.3 is 5.11 Å². The Bertz CT molecular complexity index is 396. The fourth-order valence-corrected chi connectivity index (χ4v) is 3.41. The molecule has 0 spiro atoms. The normalized spacial score (nSPS) is 37.7. The summed E-state index contributed by atoms with van der Waals surface area (Å²) in [6.45, 7) is 0. The number of aliphatic hydroxyl groups excluding tert-OH is 1. The van der Waals surface area contributed by atoms with Crippen molar-refractivity contribution in [2.24, 2.45) is 11.8 Å². The molecule has 3 aliphatic carbocycles. The Morgan fingerprint density at radius 3 is 2.50 bits per heavy atom. The Kier molecular flexibility index (Phi) is 2.32. The van der Waals surface area contributed by atoms with E-state index < -0.39 is 6.10 Å². The highest BCUT2D eigenvalue weighted by molar-refractivity contribution is 5.84. The molecule has 0 heterocycles. The van der Waals surface area contributed by atoms with Gasteiger partial charge in [0.05, 0.1) is 6.10 Å². The first-order valence-corrected chi connectivity index (χ1v) is 6.03. The minimum Gasteiger partial charge on any atom is -0.392 e. The molecule has 2 heteroatoms. The van der Waals surface area contributed by atoms with E-state index in [1.54, 1.807) is 0 Å². The molecule has 0 unspecified atom stereocenters. The van der Waals surface area contributed by atoms with E-state index in [0.29, 0.717) is 12.3 Å². The number of rotatable bonds is 1. The molecule has 0 aliphatic heterocycles. The van der Waals surface area contributed by atoms with Crippen molar-refractivity contribution in [1.82, 2.24) is 0 Å². The molecule has 1 aromatic rings. The van der Waals surface area contributed by atoms with Crippen LogP contribution in [0.25, 0.3) is 0 Å². The molecule has 4 atom stereocenters. The summed E-state index contributed by atoms with van der Waals surface area (Å²) in [6.07, 6.45) is 2.19. The molecule has 3 saturated carbocycles. The van der Waals surface area contributed by atoms with Gasteiger partial charge in [-0.15, -0.1) is 0 Å². The molecule has 4 rings (SSSR count). The first-order chi connectivity index (χ1) is 7.77. The number of benzene rings is 1. The third kappa shape index (κ3) is 1.40. The van der Waals surface area contributed by atoms with Gasteiger partial charge in [0.25, 0.3) is 0 Å². The monoisotopic (exact) mass is 216 g/mol. The maximum absolute atomic E-state index is 11.7. The lowest BCUT2D eigenvalue weighted by molar-refractivity contribution is -0.138. The van der Waals surface area contributed by atoms with Crippen molar-refractivity contribution in [3.05, 3.63) is 35.9 Å². The largest absolute Gasteiger partial charge is 0.392 e. The first kappa shape index (κ1) is 10.0. The van der Waals surface area contributed by atoms with Gasteiger partial charge in [0.1, 0.15) is 5.78 Å². The second kappa shape index (κ2) is 3.70. The molecule has 3 aliphatic rings. The molecule has 3 fully saturated rings. The predicted molar refractivity (Wildman–Crippen MR) is 61.0 cm³/mol. The summed E-state index contributed by atoms with van der Waals surface area (Å²) in [5.41, 5.74) is 1.19. The number of carbonyl (C=O) groups excluding carboxylic acids is 1. The van der Waals surface area contributed by atoms with Gasteiger partial charge in [0.15, 0.2) is 0 Å². The fraction of sp³-hybridized carbons (Fsp3) is 0.500. The van der Waals surface area contributed by atoms with Crippen molar-refractivity contribution < 1.29 is 9.90 Å². The second-order valence-electron chi connectivity index (χ2n) is 5.04. The van der Waals surface area contributed by atoms with Gasteiger partial charge in [0, 0.05) is 18.3 Å². The molecule has 84 valence electrons. The number of hydrogen-bond donors (Lipinski definition) is 1. The number of Topliss-reactive ketones (excluding diaryl/α,β-unsaturated/α-hetero) is 1. The van der Waals surface area contributed by atoms with Crippen LogP contribution in [0.3, 0.4) is 0 Å². The van der Waals surface area contributed by atoms with Crippen molar-refractivity contribution in [2.75, 3.05) is 0 Å². The topological polar surface area (TPSA) is 37.3 Å². The molecule has 0 aromatic heterocycles. The number of fused-ring (bicyclic) bond motifs is 3. The van der Waals surface area contributed by atoms with Crippen LogP contribution in [0.15, 0.2) is 30.3 Å². The Balaban J connectivity index is 1.95. The summed E-state index contributed by atoms with van der Waals surface area (Å²) in [5, 5.41) is 10.3. The first-order valence-electron chi connectivity index (χ1n) is 6.03. The predicted octanol–water partition coefficient (Wildman–Crippen LogP) is 2.13. The molecular formula is C14H16O2. The lowest BCUT2D eigenvalue weighted by Crippen LogP contribution is -2.47. The molecule has 1 N–H and O–H groups in total. The molecule has 16 heavy (non-hydrogen) atoms. The SMILES string of the molecule is O=C1C[C@H]2CC[C@H]1[C@@H](O)[C@@H]2c1ccccc1. The Hall–Kier alpha value is -1.15. The zero-order valence-corrected chi connectivity index (χ0v) is 9.17. The van der Waals surface area contributed by atoms with Crippen LogP contribution in [0, 0.1) is 11.8 Å². The zero-order valence-electron chi connectivity index (χ0n) is 9.17. The Morgan fingerprint density at radius 1 is 1.12 bits per heavy atom. The third-order valence-electron chi connectivity index (χ3n) is 4.20. The van der Waals surface area contributed by atoms with Crippen LogP contribution in [-0.4, -0.2) is 17.0 Å². The van der Waals surface area contributed by atoms with Gasteiger partial charge >= 0.3 is 0 Å². The van der Waals surface area contributed by atoms with Gasteiger partial charge in [-0.25, -0.2) is 0 Å². The van der Waals surface area contributed by atoms with E-state index in [-0.39, 0.29) is 17.6 Å². The van der Waals surface area contributed by atoms with Crippen molar-refractivity contribution >= 4 is 5.78 Å². The standard InChI is InChI=1S/C14H16O2/c15-12-8-10-6-7-11(12)14(16)13(10)9-4-2-1-3-5-9/h1-5,10-11,13-14,16H,6-8H2/t10-,11-,13-,14-/m1/s1. The molecule has 1 aromatic carbocycles. The van der Waals surface area contributed by atoms with Crippen molar-refractivity contribution in [3.63, 3.8) is 0 Å². The van der Waals surface area contributed by atoms with E-state index in [1.807, 2.05) is 18.2 Å². The Labute approximate surface area is 95.3 Å². The maximum atomic E-state index is 11.7. The van der Waals surface area contributed by atoms with Crippen LogP contribution in [0.2, 0.25) is 0 Å². The third-order valence-corrected chi connectivity index (χ3v) is 4.20. The smallest absolute Gasteiger partial charge is 0.138 e. The summed E-state index contributed by atoms with van der Waals surface area (Å²) in [7, 11) is 0. The average molecular weight is 216 g/mol. The summed E-state index contributed by atoms with van der Waals surface area (Å²) in [5.74, 6) is 0.707. The van der Waals surface area contributed by atoms with E-state index in [9.17, 15) is 9.90 Å². The van der Waals surface area contributed by atoms with E-state index >= 15 is 0 Å². The highest BCUT2D eigenvalue weighted by Crippen LogP contribution is 2.47. The van der Waals surface area contributed by atoms with Crippen LogP contribution >= 0.6 is 0 Å². The van der Waals surface area contributed by atoms with Crippen LogP contribution in [0.4, 0.5) is 0 Å². The van der Waals surface area contributed by atoms with Crippen molar-refractivity contribution in [1.29, 1.82) is 0 Å². The summed E-state index contributed by atoms with van der Waals surface area (Å²) in [4.78, 5) is 11.7. The van der Waals surface area contributed by atoms with Crippen LogP contribution in [0.1, 0.15) is 30.7 Å². The van der Waals surface area contributed by atoms with Crippen molar-refractivity contribution in [3.8, 4) is 0 Å². The van der Waals surface area contributed by atoms with E-state index in [0.717, 1.165) is 12.8 Å². The highest BCUT2D eigenvalue weighted by atomic mass is 16.3. The van der Waals surface area contributed by atoms with Gasteiger partial charge in [-0.2, -0.15) is 0 Å². The highest BCUT2D eigenvalue weighted by Gasteiger charge is 2.47. The zero-order chi connectivity index (χ0) is 11.1. The van der Waals surface area contributed by atoms with Crippen LogP contribution < -0.4 is 0 Å². The average Bonchev–Trinajstić information content (AvgIpc) is 2.30. The second-order valence-corrected chi connectivity index (χ2v) is 5.04. The van der Waals surface area contributed by atoms with Crippen LogP contribution in [-0.2, 0) is 4.79 Å². The fourth-order valence-electron chi connectivity index (χ4n) is 3.41. The quantitative estimate of drug-likeness (QED) is 0.780. The minimum atomic E-state index is -0.456. The molecule has 2 nitrogen and oxygen atoms in total. The van der Waals surface area contributed by atoms with E-state index in [1.165, 1.54) is 5.56 Å². The van der Waals surface area contributed by atoms with E-state index in [4.69, 9.17) is 0 Å². The lowest BCUT2D eigenvalue weighted by atomic mass is 9.60. The van der Waals surface area contributed by atoms with Gasteiger partial charge in [-0.1, -0.05) is 30.3 Å². The van der Waals surface area contributed by atoms with Gasteiger partial charge in [0.2, 0.25) is 0 Å².